The highest BCUT2D eigenvalue weighted by molar-refractivity contribution is 7.99. The van der Waals surface area contributed by atoms with Crippen molar-refractivity contribution in [2.45, 2.75) is 18.1 Å². The second kappa shape index (κ2) is 10.5. The Hall–Kier alpha value is -2.49. The second-order valence-corrected chi connectivity index (χ2v) is 7.59. The number of thioether (sulfide) groups is 1. The number of hydrogen-bond donors (Lipinski definition) is 1. The monoisotopic (exact) mass is 452 g/mol. The van der Waals surface area contributed by atoms with E-state index >= 15 is 0 Å². The van der Waals surface area contributed by atoms with Crippen molar-refractivity contribution in [2.24, 2.45) is 0 Å². The van der Waals surface area contributed by atoms with E-state index in [-0.39, 0.29) is 11.4 Å². The number of carbonyl (C=O) groups excluding carboxylic acids is 1. The third kappa shape index (κ3) is 5.56. The summed E-state index contributed by atoms with van der Waals surface area (Å²) in [5, 5.41) is 11.8. The van der Waals surface area contributed by atoms with Crippen molar-refractivity contribution < 1.29 is 18.3 Å². The van der Waals surface area contributed by atoms with Crippen LogP contribution in [-0.2, 0) is 16.1 Å². The van der Waals surface area contributed by atoms with Crippen molar-refractivity contribution in [2.75, 3.05) is 24.8 Å². The van der Waals surface area contributed by atoms with Gasteiger partial charge >= 0.3 is 0 Å². The van der Waals surface area contributed by atoms with E-state index in [4.69, 9.17) is 16.3 Å². The molecule has 30 heavy (non-hydrogen) atoms. The molecule has 0 aliphatic rings. The molecular weight excluding hydrogens is 434 g/mol. The molecule has 3 aromatic rings. The summed E-state index contributed by atoms with van der Waals surface area (Å²) in [5.74, 6) is -1.31. The van der Waals surface area contributed by atoms with Crippen molar-refractivity contribution >= 4 is 35.0 Å². The van der Waals surface area contributed by atoms with Gasteiger partial charge in [-0.25, -0.2) is 8.78 Å². The molecule has 2 aromatic carbocycles. The van der Waals surface area contributed by atoms with Gasteiger partial charge in [-0.1, -0.05) is 35.5 Å². The summed E-state index contributed by atoms with van der Waals surface area (Å²) < 4.78 is 34.0. The number of ether oxygens (including phenoxy) is 1. The molecule has 0 radical (unpaired) electrons. The number of amides is 1. The van der Waals surface area contributed by atoms with Gasteiger partial charge in [0.15, 0.2) is 11.0 Å². The highest BCUT2D eigenvalue weighted by Crippen LogP contribution is 2.29. The fraction of sp³-hybridized carbons (Fsp3) is 0.250. The number of anilines is 1. The summed E-state index contributed by atoms with van der Waals surface area (Å²) >= 11 is 7.44. The third-order valence-electron chi connectivity index (χ3n) is 4.10. The lowest BCUT2D eigenvalue weighted by Crippen LogP contribution is -2.16. The van der Waals surface area contributed by atoms with Gasteiger partial charge in [0.25, 0.3) is 0 Å². The maximum Gasteiger partial charge on any atom is 0.234 e. The standard InChI is InChI=1S/C20H19ClF2N4O2S/c1-29-10-4-9-27-19(14-5-2-3-6-15(14)21)25-26-20(27)30-12-18(28)24-17-11-13(22)7-8-16(17)23/h2-3,5-8,11H,4,9-10,12H2,1H3,(H,24,28). The van der Waals surface area contributed by atoms with Crippen LogP contribution in [0.2, 0.25) is 5.02 Å². The SMILES string of the molecule is COCCCn1c(SCC(=O)Nc2cc(F)ccc2F)nnc1-c1ccccc1Cl. The van der Waals surface area contributed by atoms with Crippen LogP contribution in [0.1, 0.15) is 6.42 Å². The Bertz CT molecular complexity index is 1030. The van der Waals surface area contributed by atoms with E-state index in [9.17, 15) is 13.6 Å². The molecule has 0 aliphatic heterocycles. The number of aromatic nitrogens is 3. The molecule has 0 aliphatic carbocycles. The smallest absolute Gasteiger partial charge is 0.234 e. The van der Waals surface area contributed by atoms with Gasteiger partial charge in [-0.15, -0.1) is 10.2 Å². The molecule has 10 heteroatoms. The van der Waals surface area contributed by atoms with Crippen molar-refractivity contribution in [1.29, 1.82) is 0 Å². The van der Waals surface area contributed by atoms with E-state index in [1.54, 1.807) is 13.2 Å². The Balaban J connectivity index is 1.75. The Morgan fingerprint density at radius 1 is 1.23 bits per heavy atom. The number of rotatable bonds is 9. The molecule has 158 valence electrons. The Morgan fingerprint density at radius 3 is 2.80 bits per heavy atom. The highest BCUT2D eigenvalue weighted by atomic mass is 35.5. The Labute approximate surface area is 181 Å². The molecule has 0 saturated heterocycles. The van der Waals surface area contributed by atoms with E-state index in [1.165, 1.54) is 0 Å². The predicted molar refractivity (Wildman–Crippen MR) is 113 cm³/mol. The van der Waals surface area contributed by atoms with Crippen LogP contribution in [0.3, 0.4) is 0 Å². The number of nitrogens with one attached hydrogen (secondary N) is 1. The topological polar surface area (TPSA) is 69.0 Å². The average Bonchev–Trinajstić information content (AvgIpc) is 3.12. The summed E-state index contributed by atoms with van der Waals surface area (Å²) in [6.07, 6.45) is 0.709. The van der Waals surface area contributed by atoms with Gasteiger partial charge < -0.3 is 14.6 Å². The number of hydrogen-bond acceptors (Lipinski definition) is 5. The number of nitrogens with zero attached hydrogens (tertiary/aromatic N) is 3. The zero-order valence-electron chi connectivity index (χ0n) is 16.1. The molecule has 0 bridgehead atoms. The lowest BCUT2D eigenvalue weighted by molar-refractivity contribution is -0.113. The molecule has 1 N–H and O–H groups in total. The van der Waals surface area contributed by atoms with Gasteiger partial charge in [-0.05, 0) is 30.7 Å². The Morgan fingerprint density at radius 2 is 2.03 bits per heavy atom. The van der Waals surface area contributed by atoms with E-state index < -0.39 is 17.5 Å². The van der Waals surface area contributed by atoms with Crippen molar-refractivity contribution in [1.82, 2.24) is 14.8 Å². The molecule has 3 rings (SSSR count). The van der Waals surface area contributed by atoms with Crippen molar-refractivity contribution in [3.8, 4) is 11.4 Å². The van der Waals surface area contributed by atoms with E-state index in [0.29, 0.717) is 35.6 Å². The number of halogens is 3. The van der Waals surface area contributed by atoms with Crippen LogP contribution < -0.4 is 5.32 Å². The van der Waals surface area contributed by atoms with Gasteiger partial charge in [-0.3, -0.25) is 4.79 Å². The molecule has 1 aromatic heterocycles. The average molecular weight is 453 g/mol. The molecule has 6 nitrogen and oxygen atoms in total. The summed E-state index contributed by atoms with van der Waals surface area (Å²) in [6, 6.07) is 10.2. The zero-order chi connectivity index (χ0) is 21.5. The van der Waals surface area contributed by atoms with Gasteiger partial charge in [0.2, 0.25) is 5.91 Å². The van der Waals surface area contributed by atoms with Gasteiger partial charge in [0, 0.05) is 31.9 Å². The zero-order valence-corrected chi connectivity index (χ0v) is 17.6. The van der Waals surface area contributed by atoms with Crippen LogP contribution in [0.25, 0.3) is 11.4 Å². The lowest BCUT2D eigenvalue weighted by atomic mass is 10.2. The van der Waals surface area contributed by atoms with Crippen LogP contribution in [-0.4, -0.2) is 40.1 Å². The Kier molecular flexibility index (Phi) is 7.78. The van der Waals surface area contributed by atoms with Crippen LogP contribution in [0.15, 0.2) is 47.6 Å². The molecule has 0 fully saturated rings. The largest absolute Gasteiger partial charge is 0.385 e. The van der Waals surface area contributed by atoms with Crippen LogP contribution in [0, 0.1) is 11.6 Å². The number of methoxy groups -OCH3 is 1. The summed E-state index contributed by atoms with van der Waals surface area (Å²) in [7, 11) is 1.62. The predicted octanol–water partition coefficient (Wildman–Crippen LogP) is 4.64. The molecule has 0 saturated carbocycles. The van der Waals surface area contributed by atoms with E-state index in [1.807, 2.05) is 22.8 Å². The minimum atomic E-state index is -0.710. The summed E-state index contributed by atoms with van der Waals surface area (Å²) in [6.45, 7) is 1.10. The molecule has 0 unspecified atom stereocenters. The third-order valence-corrected chi connectivity index (χ3v) is 5.39. The molecule has 0 spiro atoms. The minimum absolute atomic E-state index is 0.0547. The van der Waals surface area contributed by atoms with Gasteiger partial charge in [0.05, 0.1) is 16.5 Å². The lowest BCUT2D eigenvalue weighted by Gasteiger charge is -2.11. The van der Waals surface area contributed by atoms with E-state index in [0.717, 1.165) is 35.5 Å². The minimum Gasteiger partial charge on any atom is -0.385 e. The fourth-order valence-corrected chi connectivity index (χ4v) is 3.70. The first-order valence-electron chi connectivity index (χ1n) is 9.04. The molecule has 0 atom stereocenters. The van der Waals surface area contributed by atoms with Crippen LogP contribution in [0.5, 0.6) is 0 Å². The first kappa shape index (κ1) is 22.2. The number of benzene rings is 2. The molecule has 1 heterocycles. The van der Waals surface area contributed by atoms with Crippen LogP contribution in [0.4, 0.5) is 14.5 Å². The van der Waals surface area contributed by atoms with Crippen molar-refractivity contribution in [3.63, 3.8) is 0 Å². The van der Waals surface area contributed by atoms with Crippen LogP contribution >= 0.6 is 23.4 Å². The highest BCUT2D eigenvalue weighted by Gasteiger charge is 2.18. The normalized spacial score (nSPS) is 10.9. The number of carbonyl (C=O) groups is 1. The van der Waals surface area contributed by atoms with E-state index in [2.05, 4.69) is 15.5 Å². The summed E-state index contributed by atoms with van der Waals surface area (Å²) in [5.41, 5.74) is 0.515. The quantitative estimate of drug-likeness (QED) is 0.378. The maximum atomic E-state index is 13.7. The fourth-order valence-electron chi connectivity index (χ4n) is 2.72. The molecule has 1 amide bonds. The van der Waals surface area contributed by atoms with Gasteiger partial charge in [0.1, 0.15) is 11.6 Å². The molecular formula is C20H19ClF2N4O2S. The maximum absolute atomic E-state index is 13.7. The summed E-state index contributed by atoms with van der Waals surface area (Å²) in [4.78, 5) is 12.2. The second-order valence-electron chi connectivity index (χ2n) is 6.25. The van der Waals surface area contributed by atoms with Gasteiger partial charge in [-0.2, -0.15) is 0 Å². The first-order chi connectivity index (χ1) is 14.5. The first-order valence-corrected chi connectivity index (χ1v) is 10.4. The van der Waals surface area contributed by atoms with Crippen molar-refractivity contribution in [3.05, 3.63) is 59.1 Å².